The van der Waals surface area contributed by atoms with Gasteiger partial charge in [0.05, 0.1) is 25.0 Å². The molecule has 106 valence electrons. The summed E-state index contributed by atoms with van der Waals surface area (Å²) in [5.74, 6) is 1.51. The fraction of sp³-hybridized carbons (Fsp3) is 0.125. The molecule has 1 aromatic carbocycles. The van der Waals surface area contributed by atoms with Crippen molar-refractivity contribution < 1.29 is 9.47 Å². The van der Waals surface area contributed by atoms with Crippen LogP contribution in [0.4, 0.5) is 0 Å². The maximum atomic E-state index is 5.88. The first kappa shape index (κ1) is 13.6. The van der Waals surface area contributed by atoms with Gasteiger partial charge in [-0.3, -0.25) is 4.98 Å². The number of hydrogen-bond donors (Lipinski definition) is 0. The van der Waals surface area contributed by atoms with Crippen molar-refractivity contribution in [3.05, 3.63) is 59.5 Å². The van der Waals surface area contributed by atoms with Crippen molar-refractivity contribution in [3.63, 3.8) is 0 Å². The molecule has 0 amide bonds. The number of nitrogens with zero attached hydrogens (tertiary/aromatic N) is 2. The molecule has 0 radical (unpaired) electrons. The Hall–Kier alpha value is -2.33. The van der Waals surface area contributed by atoms with E-state index in [1.54, 1.807) is 25.6 Å². The van der Waals surface area contributed by atoms with Crippen LogP contribution in [0, 0.1) is 0 Å². The number of benzene rings is 1. The molecule has 0 aliphatic carbocycles. The Labute approximate surface area is 127 Å². The molecule has 0 aliphatic heterocycles. The largest absolute Gasteiger partial charge is 0.497 e. The number of halogens is 1. The van der Waals surface area contributed by atoms with Crippen molar-refractivity contribution in [1.29, 1.82) is 0 Å². The van der Waals surface area contributed by atoms with Crippen molar-refractivity contribution in [2.24, 2.45) is 0 Å². The van der Waals surface area contributed by atoms with Gasteiger partial charge in [-0.25, -0.2) is 4.98 Å². The third kappa shape index (κ3) is 3.06. The molecule has 0 bridgehead atoms. The summed E-state index contributed by atoms with van der Waals surface area (Å²) in [6.07, 6.45) is 3.35. The van der Waals surface area contributed by atoms with Gasteiger partial charge in [0.25, 0.3) is 0 Å². The van der Waals surface area contributed by atoms with Crippen LogP contribution in [0.25, 0.3) is 10.9 Å². The van der Waals surface area contributed by atoms with Gasteiger partial charge in [0.15, 0.2) is 0 Å². The molecule has 4 nitrogen and oxygen atoms in total. The Morgan fingerprint density at radius 2 is 1.86 bits per heavy atom. The van der Waals surface area contributed by atoms with Gasteiger partial charge in [-0.2, -0.15) is 0 Å². The van der Waals surface area contributed by atoms with Crippen LogP contribution in [0.5, 0.6) is 11.5 Å². The predicted octanol–water partition coefficient (Wildman–Crippen LogP) is 3.87. The normalized spacial score (nSPS) is 10.6. The standard InChI is InChI=1S/C16H13ClN2O2/c1-20-12-4-2-11(3-5-12)10-21-15-9-18-8-14-13(15)6-7-16(17)19-14/h2-9H,10H2,1H3. The van der Waals surface area contributed by atoms with E-state index in [0.29, 0.717) is 17.5 Å². The second-order valence-electron chi connectivity index (χ2n) is 4.48. The number of pyridine rings is 2. The van der Waals surface area contributed by atoms with Gasteiger partial charge in [0, 0.05) is 5.39 Å². The Bertz CT molecular complexity index is 760. The van der Waals surface area contributed by atoms with Crippen molar-refractivity contribution >= 4 is 22.5 Å². The molecule has 2 aromatic heterocycles. The fourth-order valence-electron chi connectivity index (χ4n) is 2.00. The zero-order valence-electron chi connectivity index (χ0n) is 11.4. The lowest BCUT2D eigenvalue weighted by atomic mass is 10.2. The minimum Gasteiger partial charge on any atom is -0.497 e. The van der Waals surface area contributed by atoms with E-state index in [1.807, 2.05) is 30.3 Å². The maximum absolute atomic E-state index is 5.88. The Morgan fingerprint density at radius 1 is 1.05 bits per heavy atom. The Kier molecular flexibility index (Phi) is 3.88. The van der Waals surface area contributed by atoms with Crippen molar-refractivity contribution in [2.45, 2.75) is 6.61 Å². The summed E-state index contributed by atoms with van der Waals surface area (Å²) in [5, 5.41) is 1.33. The van der Waals surface area contributed by atoms with E-state index in [0.717, 1.165) is 22.2 Å². The molecule has 0 atom stereocenters. The zero-order valence-corrected chi connectivity index (χ0v) is 12.2. The predicted molar refractivity (Wildman–Crippen MR) is 81.9 cm³/mol. The van der Waals surface area contributed by atoms with Gasteiger partial charge in [-0.1, -0.05) is 23.7 Å². The molecule has 0 N–H and O–H groups in total. The van der Waals surface area contributed by atoms with Gasteiger partial charge in [0.1, 0.15) is 23.3 Å². The second kappa shape index (κ2) is 5.97. The molecule has 21 heavy (non-hydrogen) atoms. The zero-order chi connectivity index (χ0) is 14.7. The molecule has 3 rings (SSSR count). The first-order valence-corrected chi connectivity index (χ1v) is 6.80. The molecule has 0 spiro atoms. The second-order valence-corrected chi connectivity index (χ2v) is 4.86. The number of rotatable bonds is 4. The average molecular weight is 301 g/mol. The van der Waals surface area contributed by atoms with Crippen LogP contribution in [0.15, 0.2) is 48.8 Å². The molecule has 0 fully saturated rings. The molecule has 0 saturated heterocycles. The highest BCUT2D eigenvalue weighted by molar-refractivity contribution is 6.29. The molecule has 2 heterocycles. The van der Waals surface area contributed by atoms with Crippen molar-refractivity contribution in [2.75, 3.05) is 7.11 Å². The van der Waals surface area contributed by atoms with Crippen molar-refractivity contribution in [3.8, 4) is 11.5 Å². The lowest BCUT2D eigenvalue weighted by Crippen LogP contribution is -1.97. The highest BCUT2D eigenvalue weighted by Gasteiger charge is 2.05. The van der Waals surface area contributed by atoms with E-state index in [4.69, 9.17) is 21.1 Å². The lowest BCUT2D eigenvalue weighted by Gasteiger charge is -2.09. The van der Waals surface area contributed by atoms with Gasteiger partial charge >= 0.3 is 0 Å². The summed E-state index contributed by atoms with van der Waals surface area (Å²) in [5.41, 5.74) is 1.77. The van der Waals surface area contributed by atoms with E-state index in [-0.39, 0.29) is 0 Å². The van der Waals surface area contributed by atoms with E-state index in [2.05, 4.69) is 9.97 Å². The summed E-state index contributed by atoms with van der Waals surface area (Å²) in [4.78, 5) is 8.35. The highest BCUT2D eigenvalue weighted by atomic mass is 35.5. The summed E-state index contributed by atoms with van der Waals surface area (Å²) < 4.78 is 11.0. The number of aromatic nitrogens is 2. The number of ether oxygens (including phenoxy) is 2. The lowest BCUT2D eigenvalue weighted by molar-refractivity contribution is 0.308. The van der Waals surface area contributed by atoms with Crippen LogP contribution in [0.1, 0.15) is 5.56 Å². The van der Waals surface area contributed by atoms with Crippen LogP contribution in [0.3, 0.4) is 0 Å². The number of methoxy groups -OCH3 is 1. The molecular formula is C16H13ClN2O2. The first-order chi connectivity index (χ1) is 10.3. The minimum absolute atomic E-state index is 0.441. The van der Waals surface area contributed by atoms with E-state index in [1.165, 1.54) is 0 Å². The Balaban J connectivity index is 1.81. The molecule has 0 saturated carbocycles. The quantitative estimate of drug-likeness (QED) is 0.686. The summed E-state index contributed by atoms with van der Waals surface area (Å²) in [7, 11) is 1.64. The molecule has 5 heteroatoms. The van der Waals surface area contributed by atoms with Crippen LogP contribution >= 0.6 is 11.6 Å². The van der Waals surface area contributed by atoms with Crippen LogP contribution in [-0.2, 0) is 6.61 Å². The van der Waals surface area contributed by atoms with Gasteiger partial charge in [-0.05, 0) is 29.8 Å². The fourth-order valence-corrected chi connectivity index (χ4v) is 2.15. The van der Waals surface area contributed by atoms with E-state index < -0.39 is 0 Å². The monoisotopic (exact) mass is 300 g/mol. The average Bonchev–Trinajstić information content (AvgIpc) is 2.53. The van der Waals surface area contributed by atoms with E-state index >= 15 is 0 Å². The van der Waals surface area contributed by atoms with Crippen LogP contribution in [-0.4, -0.2) is 17.1 Å². The number of hydrogen-bond acceptors (Lipinski definition) is 4. The smallest absolute Gasteiger partial charge is 0.147 e. The maximum Gasteiger partial charge on any atom is 0.147 e. The van der Waals surface area contributed by atoms with Gasteiger partial charge in [-0.15, -0.1) is 0 Å². The first-order valence-electron chi connectivity index (χ1n) is 6.42. The highest BCUT2D eigenvalue weighted by Crippen LogP contribution is 2.25. The molecule has 0 unspecified atom stereocenters. The topological polar surface area (TPSA) is 44.2 Å². The summed E-state index contributed by atoms with van der Waals surface area (Å²) in [6.45, 7) is 0.452. The van der Waals surface area contributed by atoms with Crippen LogP contribution < -0.4 is 9.47 Å². The Morgan fingerprint density at radius 3 is 2.62 bits per heavy atom. The number of fused-ring (bicyclic) bond motifs is 1. The molecule has 0 aliphatic rings. The summed E-state index contributed by atoms with van der Waals surface area (Å²) >= 11 is 5.88. The van der Waals surface area contributed by atoms with Gasteiger partial charge < -0.3 is 9.47 Å². The molecule has 3 aromatic rings. The van der Waals surface area contributed by atoms with Crippen molar-refractivity contribution in [1.82, 2.24) is 9.97 Å². The minimum atomic E-state index is 0.441. The SMILES string of the molecule is COc1ccc(COc2cncc3nc(Cl)ccc23)cc1. The third-order valence-electron chi connectivity index (χ3n) is 3.10. The van der Waals surface area contributed by atoms with Gasteiger partial charge in [0.2, 0.25) is 0 Å². The van der Waals surface area contributed by atoms with E-state index in [9.17, 15) is 0 Å². The summed E-state index contributed by atoms with van der Waals surface area (Å²) in [6, 6.07) is 11.4. The van der Waals surface area contributed by atoms with Crippen LogP contribution in [0.2, 0.25) is 5.15 Å². The molecular weight excluding hydrogens is 288 g/mol. The third-order valence-corrected chi connectivity index (χ3v) is 3.31.